The number of halogens is 1. The highest BCUT2D eigenvalue weighted by molar-refractivity contribution is 6.07. The molecule has 3 amide bonds. The average molecular weight is 247 g/mol. The molecule has 18 heavy (non-hydrogen) atoms. The summed E-state index contributed by atoms with van der Waals surface area (Å²) in [5.41, 5.74) is -1.37. The van der Waals surface area contributed by atoms with E-state index in [0.717, 1.165) is 4.90 Å². The minimum absolute atomic E-state index is 0.0868. The molecular formula is C12H10FN3O2. The van der Waals surface area contributed by atoms with Crippen molar-refractivity contribution in [3.8, 4) is 6.07 Å². The van der Waals surface area contributed by atoms with Crippen LogP contribution in [0.3, 0.4) is 0 Å². The van der Waals surface area contributed by atoms with Gasteiger partial charge in [-0.15, -0.1) is 0 Å². The first-order valence-electron chi connectivity index (χ1n) is 5.27. The van der Waals surface area contributed by atoms with Crippen LogP contribution >= 0.6 is 0 Å². The SMILES string of the molecule is C[C@@]1(c2ccccc2F)NC(=O)N(CC#N)C1=O. The Bertz CT molecular complexity index is 567. The van der Waals surface area contributed by atoms with Crippen molar-refractivity contribution in [1.82, 2.24) is 10.2 Å². The van der Waals surface area contributed by atoms with Crippen LogP contribution < -0.4 is 5.32 Å². The first-order valence-corrected chi connectivity index (χ1v) is 5.27. The van der Waals surface area contributed by atoms with Crippen molar-refractivity contribution in [2.45, 2.75) is 12.5 Å². The Morgan fingerprint density at radius 2 is 2.11 bits per heavy atom. The molecule has 0 spiro atoms. The number of nitrogens with one attached hydrogen (secondary N) is 1. The molecule has 1 aliphatic heterocycles. The smallest absolute Gasteiger partial charge is 0.319 e. The zero-order valence-corrected chi connectivity index (χ0v) is 9.61. The van der Waals surface area contributed by atoms with Crippen molar-refractivity contribution < 1.29 is 14.0 Å². The molecule has 1 atom stereocenters. The zero-order chi connectivity index (χ0) is 13.3. The molecule has 0 aliphatic carbocycles. The first-order chi connectivity index (χ1) is 8.50. The fourth-order valence-electron chi connectivity index (χ4n) is 1.96. The standard InChI is InChI=1S/C12H10FN3O2/c1-12(8-4-2-3-5-9(8)13)10(17)16(7-6-14)11(18)15-12/h2-5H,7H2,1H3,(H,15,18)/t12-/m0/s1. The number of imide groups is 1. The summed E-state index contributed by atoms with van der Waals surface area (Å²) in [5.74, 6) is -1.20. The van der Waals surface area contributed by atoms with Gasteiger partial charge in [-0.05, 0) is 13.0 Å². The second-order valence-electron chi connectivity index (χ2n) is 4.08. The summed E-state index contributed by atoms with van der Waals surface area (Å²) < 4.78 is 13.7. The molecule has 1 saturated heterocycles. The van der Waals surface area contributed by atoms with Crippen LogP contribution in [0.15, 0.2) is 24.3 Å². The van der Waals surface area contributed by atoms with E-state index >= 15 is 0 Å². The van der Waals surface area contributed by atoms with Crippen molar-refractivity contribution in [1.29, 1.82) is 5.26 Å². The van der Waals surface area contributed by atoms with Crippen molar-refractivity contribution in [3.05, 3.63) is 35.6 Å². The molecular weight excluding hydrogens is 237 g/mol. The van der Waals surface area contributed by atoms with Gasteiger partial charge in [-0.1, -0.05) is 18.2 Å². The minimum atomic E-state index is -1.46. The largest absolute Gasteiger partial charge is 0.326 e. The van der Waals surface area contributed by atoms with Crippen LogP contribution in [0, 0.1) is 17.1 Å². The predicted octanol–water partition coefficient (Wildman–Crippen LogP) is 1.12. The monoisotopic (exact) mass is 247 g/mol. The van der Waals surface area contributed by atoms with Gasteiger partial charge in [0.25, 0.3) is 5.91 Å². The minimum Gasteiger partial charge on any atom is -0.319 e. The van der Waals surface area contributed by atoms with Crippen molar-refractivity contribution in [3.63, 3.8) is 0 Å². The van der Waals surface area contributed by atoms with Gasteiger partial charge in [0.15, 0.2) is 0 Å². The van der Waals surface area contributed by atoms with Gasteiger partial charge in [0, 0.05) is 5.56 Å². The topological polar surface area (TPSA) is 73.2 Å². The van der Waals surface area contributed by atoms with Crippen molar-refractivity contribution >= 4 is 11.9 Å². The lowest BCUT2D eigenvalue weighted by atomic mass is 9.91. The Morgan fingerprint density at radius 1 is 1.44 bits per heavy atom. The van der Waals surface area contributed by atoms with E-state index in [1.165, 1.54) is 25.1 Å². The summed E-state index contributed by atoms with van der Waals surface area (Å²) in [5, 5.41) is 11.0. The molecule has 0 bridgehead atoms. The molecule has 1 heterocycles. The molecule has 1 N–H and O–H groups in total. The summed E-state index contributed by atoms with van der Waals surface area (Å²) in [7, 11) is 0. The Hall–Kier alpha value is -2.42. The number of nitriles is 1. The van der Waals surface area contributed by atoms with Gasteiger partial charge in [-0.3, -0.25) is 4.79 Å². The number of carbonyl (C=O) groups is 2. The van der Waals surface area contributed by atoms with Crippen LogP contribution in [0.2, 0.25) is 0 Å². The van der Waals surface area contributed by atoms with Crippen LogP contribution in [0.1, 0.15) is 12.5 Å². The molecule has 1 aromatic rings. The molecule has 1 aromatic carbocycles. The average Bonchev–Trinajstić information content (AvgIpc) is 2.55. The van der Waals surface area contributed by atoms with Gasteiger partial charge in [0.05, 0.1) is 6.07 Å². The van der Waals surface area contributed by atoms with Crippen molar-refractivity contribution in [2.24, 2.45) is 0 Å². The second kappa shape index (κ2) is 4.11. The Balaban J connectivity index is 2.46. The Labute approximate surface area is 103 Å². The molecule has 2 rings (SSSR count). The summed E-state index contributed by atoms with van der Waals surface area (Å²) in [4.78, 5) is 24.5. The number of hydrogen-bond donors (Lipinski definition) is 1. The molecule has 0 radical (unpaired) electrons. The lowest BCUT2D eigenvalue weighted by Crippen LogP contribution is -2.41. The fraction of sp³-hybridized carbons (Fsp3) is 0.250. The van der Waals surface area contributed by atoms with E-state index in [2.05, 4.69) is 5.32 Å². The maximum atomic E-state index is 13.7. The number of carbonyl (C=O) groups excluding carboxylic acids is 2. The third kappa shape index (κ3) is 1.61. The molecule has 0 saturated carbocycles. The second-order valence-corrected chi connectivity index (χ2v) is 4.08. The number of hydrogen-bond acceptors (Lipinski definition) is 3. The van der Waals surface area contributed by atoms with E-state index in [9.17, 15) is 14.0 Å². The summed E-state index contributed by atoms with van der Waals surface area (Å²) in [6, 6.07) is 6.76. The maximum absolute atomic E-state index is 13.7. The summed E-state index contributed by atoms with van der Waals surface area (Å²) >= 11 is 0. The molecule has 6 heteroatoms. The van der Waals surface area contributed by atoms with Gasteiger partial charge >= 0.3 is 6.03 Å². The number of urea groups is 1. The van der Waals surface area contributed by atoms with E-state index in [4.69, 9.17) is 5.26 Å². The number of rotatable bonds is 2. The quantitative estimate of drug-likeness (QED) is 0.628. The molecule has 1 aliphatic rings. The normalized spacial score (nSPS) is 22.8. The highest BCUT2D eigenvalue weighted by Crippen LogP contribution is 2.30. The first kappa shape index (κ1) is 12.0. The third-order valence-electron chi connectivity index (χ3n) is 2.92. The van der Waals surface area contributed by atoms with E-state index in [1.54, 1.807) is 12.1 Å². The fourth-order valence-corrected chi connectivity index (χ4v) is 1.96. The molecule has 5 nitrogen and oxygen atoms in total. The van der Waals surface area contributed by atoms with E-state index in [-0.39, 0.29) is 12.1 Å². The van der Waals surface area contributed by atoms with Gasteiger partial charge in [-0.25, -0.2) is 14.1 Å². The summed E-state index contributed by atoms with van der Waals surface area (Å²) in [6.45, 7) is 1.07. The molecule has 0 unspecified atom stereocenters. The lowest BCUT2D eigenvalue weighted by Gasteiger charge is -2.22. The van der Waals surface area contributed by atoms with Gasteiger partial charge in [-0.2, -0.15) is 5.26 Å². The number of benzene rings is 1. The predicted molar refractivity (Wildman–Crippen MR) is 59.6 cm³/mol. The lowest BCUT2D eigenvalue weighted by molar-refractivity contribution is -0.130. The van der Waals surface area contributed by atoms with Crippen LogP contribution in [-0.4, -0.2) is 23.4 Å². The van der Waals surface area contributed by atoms with Crippen LogP contribution in [0.5, 0.6) is 0 Å². The molecule has 92 valence electrons. The Morgan fingerprint density at radius 3 is 2.72 bits per heavy atom. The summed E-state index contributed by atoms with van der Waals surface area (Å²) in [6.07, 6.45) is 0. The van der Waals surface area contributed by atoms with Crippen LogP contribution in [0.4, 0.5) is 9.18 Å². The van der Waals surface area contributed by atoms with Crippen LogP contribution in [-0.2, 0) is 10.3 Å². The highest BCUT2D eigenvalue weighted by atomic mass is 19.1. The van der Waals surface area contributed by atoms with E-state index < -0.39 is 23.3 Å². The number of amides is 3. The van der Waals surface area contributed by atoms with Gasteiger partial charge < -0.3 is 5.32 Å². The van der Waals surface area contributed by atoms with E-state index in [0.29, 0.717) is 0 Å². The van der Waals surface area contributed by atoms with Crippen molar-refractivity contribution in [2.75, 3.05) is 6.54 Å². The maximum Gasteiger partial charge on any atom is 0.326 e. The molecule has 0 aromatic heterocycles. The zero-order valence-electron chi connectivity index (χ0n) is 9.61. The van der Waals surface area contributed by atoms with E-state index in [1.807, 2.05) is 0 Å². The third-order valence-corrected chi connectivity index (χ3v) is 2.92. The van der Waals surface area contributed by atoms with Gasteiger partial charge in [0.1, 0.15) is 17.9 Å². The van der Waals surface area contributed by atoms with Gasteiger partial charge in [0.2, 0.25) is 0 Å². The Kier molecular flexibility index (Phi) is 2.75. The highest BCUT2D eigenvalue weighted by Gasteiger charge is 2.49. The van der Waals surface area contributed by atoms with Crippen LogP contribution in [0.25, 0.3) is 0 Å². The molecule has 1 fully saturated rings. The number of nitrogens with zero attached hydrogens (tertiary/aromatic N) is 2.